The first kappa shape index (κ1) is 19.1. The molecule has 0 aliphatic carbocycles. The molecule has 0 bridgehead atoms. The van der Waals surface area contributed by atoms with E-state index in [2.05, 4.69) is 20.8 Å². The van der Waals surface area contributed by atoms with Crippen LogP contribution in [0.3, 0.4) is 0 Å². The standard InChI is InChI=1S/C18H24N4O2S/c1-4-13(3)19-15(23)10-7-11-16-21-22-18(25-16)17(24)20-14-9-6-5-8-12(14)2/h5-6,8-9,13H,4,7,10-11H2,1-3H3,(H,19,23)(H,20,24)/t13-/m0/s1. The highest BCUT2D eigenvalue weighted by atomic mass is 32.1. The second-order valence-electron chi connectivity index (χ2n) is 6.00. The molecule has 1 aromatic carbocycles. The number of benzene rings is 1. The van der Waals surface area contributed by atoms with Gasteiger partial charge in [0.2, 0.25) is 10.9 Å². The largest absolute Gasteiger partial charge is 0.354 e. The van der Waals surface area contributed by atoms with E-state index in [9.17, 15) is 9.59 Å². The number of nitrogens with one attached hydrogen (secondary N) is 2. The van der Waals surface area contributed by atoms with Crippen molar-refractivity contribution in [2.24, 2.45) is 0 Å². The average Bonchev–Trinajstić information content (AvgIpc) is 3.05. The lowest BCUT2D eigenvalue weighted by Gasteiger charge is -2.10. The van der Waals surface area contributed by atoms with Gasteiger partial charge < -0.3 is 10.6 Å². The smallest absolute Gasteiger partial charge is 0.286 e. The van der Waals surface area contributed by atoms with Gasteiger partial charge in [0.15, 0.2) is 0 Å². The first-order chi connectivity index (χ1) is 12.0. The Kier molecular flexibility index (Phi) is 7.06. The molecule has 6 nitrogen and oxygen atoms in total. The van der Waals surface area contributed by atoms with Crippen molar-refractivity contribution in [3.8, 4) is 0 Å². The number of hydrogen-bond acceptors (Lipinski definition) is 5. The Morgan fingerprint density at radius 3 is 2.72 bits per heavy atom. The number of carbonyl (C=O) groups is 2. The van der Waals surface area contributed by atoms with Crippen molar-refractivity contribution in [2.45, 2.75) is 52.5 Å². The summed E-state index contributed by atoms with van der Waals surface area (Å²) >= 11 is 1.27. The van der Waals surface area contributed by atoms with Crippen molar-refractivity contribution < 1.29 is 9.59 Å². The van der Waals surface area contributed by atoms with Gasteiger partial charge in [-0.15, -0.1) is 10.2 Å². The minimum atomic E-state index is -0.257. The molecular weight excluding hydrogens is 336 g/mol. The van der Waals surface area contributed by atoms with Crippen LogP contribution in [0.1, 0.15) is 53.5 Å². The number of aryl methyl sites for hydroxylation is 2. The maximum atomic E-state index is 12.2. The van der Waals surface area contributed by atoms with Crippen LogP contribution in [-0.2, 0) is 11.2 Å². The van der Waals surface area contributed by atoms with E-state index in [-0.39, 0.29) is 17.9 Å². The highest BCUT2D eigenvalue weighted by Gasteiger charge is 2.14. The third kappa shape index (κ3) is 5.94. The molecule has 1 heterocycles. The molecule has 0 spiro atoms. The first-order valence-electron chi connectivity index (χ1n) is 8.48. The molecular formula is C18H24N4O2S. The summed E-state index contributed by atoms with van der Waals surface area (Å²) in [7, 11) is 0. The predicted octanol–water partition coefficient (Wildman–Crippen LogP) is 3.34. The predicted molar refractivity (Wildman–Crippen MR) is 99.9 cm³/mol. The SMILES string of the molecule is CC[C@H](C)NC(=O)CCCc1nnc(C(=O)Nc2ccccc2C)s1. The molecule has 2 aromatic rings. The van der Waals surface area contributed by atoms with Crippen molar-refractivity contribution in [1.29, 1.82) is 0 Å². The summed E-state index contributed by atoms with van der Waals surface area (Å²) in [5.74, 6) is -0.205. The lowest BCUT2D eigenvalue weighted by atomic mass is 10.2. The lowest BCUT2D eigenvalue weighted by molar-refractivity contribution is -0.121. The van der Waals surface area contributed by atoms with Crippen molar-refractivity contribution in [3.63, 3.8) is 0 Å². The molecule has 0 aliphatic heterocycles. The second-order valence-corrected chi connectivity index (χ2v) is 7.06. The topological polar surface area (TPSA) is 84.0 Å². The Labute approximate surface area is 152 Å². The van der Waals surface area contributed by atoms with Crippen LogP contribution in [0.25, 0.3) is 0 Å². The van der Waals surface area contributed by atoms with Gasteiger partial charge in [-0.05, 0) is 38.3 Å². The fraction of sp³-hybridized carbons (Fsp3) is 0.444. The molecule has 7 heteroatoms. The number of nitrogens with zero attached hydrogens (tertiary/aromatic N) is 2. The van der Waals surface area contributed by atoms with Crippen molar-refractivity contribution >= 4 is 28.8 Å². The van der Waals surface area contributed by atoms with Crippen LogP contribution in [0.5, 0.6) is 0 Å². The van der Waals surface area contributed by atoms with E-state index in [4.69, 9.17) is 0 Å². The van der Waals surface area contributed by atoms with Gasteiger partial charge in [0, 0.05) is 24.6 Å². The van der Waals surface area contributed by atoms with E-state index in [1.54, 1.807) is 0 Å². The summed E-state index contributed by atoms with van der Waals surface area (Å²) in [5.41, 5.74) is 1.76. The Hall–Kier alpha value is -2.28. The first-order valence-corrected chi connectivity index (χ1v) is 9.30. The van der Waals surface area contributed by atoms with Gasteiger partial charge in [0.05, 0.1) is 0 Å². The molecule has 0 saturated carbocycles. The molecule has 2 amide bonds. The molecule has 2 rings (SSSR count). The zero-order chi connectivity index (χ0) is 18.2. The maximum Gasteiger partial charge on any atom is 0.286 e. The van der Waals surface area contributed by atoms with E-state index < -0.39 is 0 Å². The summed E-state index contributed by atoms with van der Waals surface area (Å²) in [4.78, 5) is 24.0. The van der Waals surface area contributed by atoms with Crippen LogP contribution in [0.4, 0.5) is 5.69 Å². The third-order valence-electron chi connectivity index (χ3n) is 3.87. The molecule has 25 heavy (non-hydrogen) atoms. The van der Waals surface area contributed by atoms with Crippen LogP contribution in [-0.4, -0.2) is 28.1 Å². The van der Waals surface area contributed by atoms with E-state index in [0.29, 0.717) is 24.3 Å². The van der Waals surface area contributed by atoms with Crippen LogP contribution >= 0.6 is 11.3 Å². The Morgan fingerprint density at radius 2 is 2.00 bits per heavy atom. The van der Waals surface area contributed by atoms with Crippen LogP contribution in [0.2, 0.25) is 0 Å². The van der Waals surface area contributed by atoms with Crippen LogP contribution < -0.4 is 10.6 Å². The number of para-hydroxylation sites is 1. The lowest BCUT2D eigenvalue weighted by Crippen LogP contribution is -2.31. The molecule has 1 atom stereocenters. The number of amides is 2. The van der Waals surface area contributed by atoms with Crippen LogP contribution in [0.15, 0.2) is 24.3 Å². The minimum Gasteiger partial charge on any atom is -0.354 e. The highest BCUT2D eigenvalue weighted by molar-refractivity contribution is 7.13. The minimum absolute atomic E-state index is 0.0522. The number of carbonyl (C=O) groups excluding carboxylic acids is 2. The van der Waals surface area contributed by atoms with Gasteiger partial charge in [-0.2, -0.15) is 0 Å². The fourth-order valence-corrected chi connectivity index (χ4v) is 2.96. The zero-order valence-corrected chi connectivity index (χ0v) is 15.7. The summed E-state index contributed by atoms with van der Waals surface area (Å²) in [6.45, 7) is 5.96. The second kappa shape index (κ2) is 9.27. The van der Waals surface area contributed by atoms with Crippen molar-refractivity contribution in [3.05, 3.63) is 39.8 Å². The quantitative estimate of drug-likeness (QED) is 0.756. The van der Waals surface area contributed by atoms with Crippen molar-refractivity contribution in [2.75, 3.05) is 5.32 Å². The van der Waals surface area contributed by atoms with Gasteiger partial charge in [-0.25, -0.2) is 0 Å². The number of aromatic nitrogens is 2. The van der Waals surface area contributed by atoms with Gasteiger partial charge in [-0.1, -0.05) is 36.5 Å². The van der Waals surface area contributed by atoms with Crippen molar-refractivity contribution in [1.82, 2.24) is 15.5 Å². The summed E-state index contributed by atoms with van der Waals surface area (Å²) < 4.78 is 0. The van der Waals surface area contributed by atoms with E-state index in [1.165, 1.54) is 11.3 Å². The molecule has 0 radical (unpaired) electrons. The average molecular weight is 360 g/mol. The normalized spacial score (nSPS) is 11.8. The molecule has 134 valence electrons. The fourth-order valence-electron chi connectivity index (χ4n) is 2.18. The molecule has 2 N–H and O–H groups in total. The van der Waals surface area contributed by atoms with Crippen LogP contribution in [0, 0.1) is 6.92 Å². The van der Waals surface area contributed by atoms with Gasteiger partial charge >= 0.3 is 0 Å². The summed E-state index contributed by atoms with van der Waals surface area (Å²) in [6.07, 6.45) is 2.70. The number of rotatable bonds is 8. The van der Waals surface area contributed by atoms with E-state index in [0.717, 1.165) is 22.7 Å². The van der Waals surface area contributed by atoms with E-state index in [1.807, 2.05) is 45.0 Å². The number of hydrogen-bond donors (Lipinski definition) is 2. The molecule has 0 aliphatic rings. The van der Waals surface area contributed by atoms with Gasteiger partial charge in [0.1, 0.15) is 5.01 Å². The Morgan fingerprint density at radius 1 is 1.24 bits per heavy atom. The van der Waals surface area contributed by atoms with Gasteiger partial charge in [-0.3, -0.25) is 9.59 Å². The van der Waals surface area contributed by atoms with Gasteiger partial charge in [0.25, 0.3) is 5.91 Å². The zero-order valence-electron chi connectivity index (χ0n) is 14.8. The third-order valence-corrected chi connectivity index (χ3v) is 4.85. The summed E-state index contributed by atoms with van der Waals surface area (Å²) in [5, 5.41) is 14.9. The Bertz CT molecular complexity index is 729. The highest BCUT2D eigenvalue weighted by Crippen LogP contribution is 2.17. The summed E-state index contributed by atoms with van der Waals surface area (Å²) in [6, 6.07) is 7.78. The van der Waals surface area contributed by atoms with E-state index >= 15 is 0 Å². The molecule has 0 saturated heterocycles. The maximum absolute atomic E-state index is 12.2. The molecule has 1 aromatic heterocycles. The Balaban J connectivity index is 1.82. The molecule has 0 unspecified atom stereocenters. The monoisotopic (exact) mass is 360 g/mol. The molecule has 0 fully saturated rings. The number of anilines is 1.